The lowest BCUT2D eigenvalue weighted by atomic mass is 9.70. The van der Waals surface area contributed by atoms with Gasteiger partial charge < -0.3 is 30.1 Å². The molecule has 1 aromatic rings. The van der Waals surface area contributed by atoms with Crippen LogP contribution in [-0.2, 0) is 19.1 Å². The Labute approximate surface area is 187 Å². The number of carbonyl (C=O) groups is 3. The first-order valence-corrected chi connectivity index (χ1v) is 11.2. The predicted octanol–water partition coefficient (Wildman–Crippen LogP) is 0.915. The summed E-state index contributed by atoms with van der Waals surface area (Å²) in [6, 6.07) is 5.38. The van der Waals surface area contributed by atoms with Crippen LogP contribution in [0.1, 0.15) is 33.1 Å². The van der Waals surface area contributed by atoms with E-state index < -0.39 is 29.5 Å². The van der Waals surface area contributed by atoms with Gasteiger partial charge in [0.25, 0.3) is 0 Å². The first-order chi connectivity index (χ1) is 15.4. The quantitative estimate of drug-likeness (QED) is 0.548. The molecule has 0 radical (unpaired) electrons. The molecule has 3 amide bonds. The van der Waals surface area contributed by atoms with E-state index in [1.807, 2.05) is 6.92 Å². The number of fused-ring (bicyclic) bond motifs is 1. The number of amides is 3. The van der Waals surface area contributed by atoms with Crippen molar-refractivity contribution in [2.75, 3.05) is 25.6 Å². The monoisotopic (exact) mass is 445 g/mol. The normalized spacial score (nSPS) is 31.4. The number of aliphatic hydroxyl groups is 1. The first-order valence-electron chi connectivity index (χ1n) is 11.2. The van der Waals surface area contributed by atoms with Crippen molar-refractivity contribution in [1.29, 1.82) is 0 Å². The third kappa shape index (κ3) is 3.44. The third-order valence-electron chi connectivity index (χ3n) is 6.94. The van der Waals surface area contributed by atoms with Gasteiger partial charge in [-0.2, -0.15) is 0 Å². The number of ether oxygens (including phenoxy) is 2. The van der Waals surface area contributed by atoms with E-state index in [4.69, 9.17) is 9.47 Å². The fourth-order valence-electron chi connectivity index (χ4n) is 5.50. The number of rotatable bonds is 8. The van der Waals surface area contributed by atoms with E-state index in [9.17, 15) is 19.5 Å². The highest BCUT2D eigenvalue weighted by molar-refractivity contribution is 6.03. The number of nitrogens with one attached hydrogen (secondary N) is 2. The van der Waals surface area contributed by atoms with Crippen molar-refractivity contribution in [3.05, 3.63) is 24.3 Å². The molecule has 4 rings (SSSR count). The van der Waals surface area contributed by atoms with Crippen LogP contribution in [-0.4, -0.2) is 71.8 Å². The molecular weight excluding hydrogens is 414 g/mol. The highest BCUT2D eigenvalue weighted by Gasteiger charge is 2.74. The lowest BCUT2D eigenvalue weighted by molar-refractivity contribution is -0.143. The van der Waals surface area contributed by atoms with Crippen molar-refractivity contribution in [3.63, 3.8) is 0 Å². The molecule has 3 aliphatic heterocycles. The van der Waals surface area contributed by atoms with E-state index in [-0.39, 0.29) is 30.4 Å². The minimum absolute atomic E-state index is 0.204. The molecule has 3 fully saturated rings. The number of methoxy groups -OCH3 is 1. The summed E-state index contributed by atoms with van der Waals surface area (Å²) >= 11 is 0. The Bertz CT molecular complexity index is 890. The number of nitrogens with zero attached hydrogens (tertiary/aromatic N) is 1. The molecule has 3 N–H and O–H groups in total. The summed E-state index contributed by atoms with van der Waals surface area (Å²) in [5.41, 5.74) is -0.514. The zero-order valence-electron chi connectivity index (χ0n) is 18.7. The highest BCUT2D eigenvalue weighted by Crippen LogP contribution is 2.58. The molecule has 2 unspecified atom stereocenters. The molecule has 9 nitrogen and oxygen atoms in total. The molecular formula is C23H31N3O6. The first kappa shape index (κ1) is 22.5. The summed E-state index contributed by atoms with van der Waals surface area (Å²) in [4.78, 5) is 41.4. The summed E-state index contributed by atoms with van der Waals surface area (Å²) in [6.45, 7) is 3.89. The van der Waals surface area contributed by atoms with Crippen molar-refractivity contribution >= 4 is 23.4 Å². The number of carbonyl (C=O) groups excluding carboxylic acids is 3. The smallest absolute Gasteiger partial charge is 0.250 e. The molecule has 3 aliphatic rings. The molecule has 0 aliphatic carbocycles. The Morgan fingerprint density at radius 3 is 2.66 bits per heavy atom. The maximum atomic E-state index is 13.6. The van der Waals surface area contributed by atoms with Crippen LogP contribution in [0, 0.1) is 11.8 Å². The van der Waals surface area contributed by atoms with Gasteiger partial charge in [0, 0.05) is 12.2 Å². The average Bonchev–Trinajstić information content (AvgIpc) is 3.44. The molecule has 9 heteroatoms. The number of hydrogen-bond donors (Lipinski definition) is 3. The lowest BCUT2D eigenvalue weighted by Gasteiger charge is -2.35. The van der Waals surface area contributed by atoms with Gasteiger partial charge in [-0.25, -0.2) is 0 Å². The van der Waals surface area contributed by atoms with Crippen molar-refractivity contribution < 1.29 is 29.0 Å². The van der Waals surface area contributed by atoms with Crippen LogP contribution in [0.25, 0.3) is 0 Å². The molecule has 32 heavy (non-hydrogen) atoms. The number of anilines is 1. The van der Waals surface area contributed by atoms with Gasteiger partial charge in [0.2, 0.25) is 17.7 Å². The van der Waals surface area contributed by atoms with Crippen LogP contribution in [0.2, 0.25) is 0 Å². The van der Waals surface area contributed by atoms with E-state index >= 15 is 0 Å². The van der Waals surface area contributed by atoms with Crippen LogP contribution in [0.5, 0.6) is 5.75 Å². The Balaban J connectivity index is 1.66. The predicted molar refractivity (Wildman–Crippen MR) is 116 cm³/mol. The fraction of sp³-hybridized carbons (Fsp3) is 0.609. The van der Waals surface area contributed by atoms with Crippen LogP contribution >= 0.6 is 0 Å². The van der Waals surface area contributed by atoms with Crippen LogP contribution in [0.3, 0.4) is 0 Å². The minimum atomic E-state index is -1.07. The molecule has 6 atom stereocenters. The van der Waals surface area contributed by atoms with Gasteiger partial charge in [-0.1, -0.05) is 6.92 Å². The van der Waals surface area contributed by atoms with E-state index in [0.29, 0.717) is 30.8 Å². The van der Waals surface area contributed by atoms with Crippen molar-refractivity contribution in [1.82, 2.24) is 10.2 Å². The maximum Gasteiger partial charge on any atom is 0.250 e. The number of hydrogen-bond acceptors (Lipinski definition) is 6. The van der Waals surface area contributed by atoms with E-state index in [1.165, 1.54) is 4.90 Å². The van der Waals surface area contributed by atoms with Gasteiger partial charge in [-0.05, 0) is 50.5 Å². The van der Waals surface area contributed by atoms with Crippen LogP contribution in [0.15, 0.2) is 24.3 Å². The second kappa shape index (κ2) is 8.71. The number of benzene rings is 1. The molecule has 0 saturated carbocycles. The summed E-state index contributed by atoms with van der Waals surface area (Å²) in [7, 11) is 1.56. The standard InChI is InChI=1S/C23H31N3O6/c1-4-11-24-20(28)17-16-9-10-23(32-16)18(17)22(30)26(13(2)12-27)19(23)21(29)25-14-5-7-15(31-3)8-6-14/h5-8,13,16-19,27H,4,9-12H2,1-3H3,(H,24,28)(H,25,29)/t13-,16-,17+,18+,19?,23?/m1/s1. The highest BCUT2D eigenvalue weighted by atomic mass is 16.5. The fourth-order valence-corrected chi connectivity index (χ4v) is 5.50. The van der Waals surface area contributed by atoms with Gasteiger partial charge >= 0.3 is 0 Å². The van der Waals surface area contributed by atoms with E-state index in [1.54, 1.807) is 38.3 Å². The summed E-state index contributed by atoms with van der Waals surface area (Å²) in [5, 5.41) is 15.6. The summed E-state index contributed by atoms with van der Waals surface area (Å²) in [5.74, 6) is -1.60. The largest absolute Gasteiger partial charge is 0.497 e. The van der Waals surface area contributed by atoms with Gasteiger partial charge in [0.15, 0.2) is 0 Å². The van der Waals surface area contributed by atoms with Gasteiger partial charge in [0.05, 0.1) is 37.7 Å². The van der Waals surface area contributed by atoms with E-state index in [0.717, 1.165) is 6.42 Å². The maximum absolute atomic E-state index is 13.6. The Kier molecular flexibility index (Phi) is 6.13. The van der Waals surface area contributed by atoms with Crippen molar-refractivity contribution in [2.45, 2.75) is 56.9 Å². The number of aliphatic hydroxyl groups excluding tert-OH is 1. The van der Waals surface area contributed by atoms with Crippen LogP contribution in [0.4, 0.5) is 5.69 Å². The minimum Gasteiger partial charge on any atom is -0.497 e. The molecule has 174 valence electrons. The molecule has 1 aromatic carbocycles. The van der Waals surface area contributed by atoms with Crippen molar-refractivity contribution in [2.24, 2.45) is 11.8 Å². The SMILES string of the molecule is CCCNC(=O)[C@@H]1[C@H]2C(=O)N([C@H](C)CO)C(C(=O)Nc3ccc(OC)cc3)C23CC[C@H]1O3. The average molecular weight is 446 g/mol. The Morgan fingerprint density at radius 1 is 1.31 bits per heavy atom. The van der Waals surface area contributed by atoms with Crippen molar-refractivity contribution in [3.8, 4) is 5.75 Å². The molecule has 3 saturated heterocycles. The summed E-state index contributed by atoms with van der Waals surface area (Å²) in [6.07, 6.45) is 1.53. The van der Waals surface area contributed by atoms with Gasteiger partial charge in [-0.3, -0.25) is 14.4 Å². The Morgan fingerprint density at radius 2 is 2.03 bits per heavy atom. The second-order valence-corrected chi connectivity index (χ2v) is 8.84. The molecule has 3 heterocycles. The third-order valence-corrected chi connectivity index (χ3v) is 6.94. The van der Waals surface area contributed by atoms with Crippen LogP contribution < -0.4 is 15.4 Å². The zero-order valence-corrected chi connectivity index (χ0v) is 18.7. The lowest BCUT2D eigenvalue weighted by Crippen LogP contribution is -2.55. The topological polar surface area (TPSA) is 117 Å². The summed E-state index contributed by atoms with van der Waals surface area (Å²) < 4.78 is 11.5. The second-order valence-electron chi connectivity index (χ2n) is 8.84. The Hall–Kier alpha value is -2.65. The molecule has 2 bridgehead atoms. The van der Waals surface area contributed by atoms with Gasteiger partial charge in [-0.15, -0.1) is 0 Å². The van der Waals surface area contributed by atoms with Gasteiger partial charge in [0.1, 0.15) is 17.4 Å². The molecule has 0 aromatic heterocycles. The molecule has 1 spiro atoms. The number of likely N-dealkylation sites (tertiary alicyclic amines) is 1. The van der Waals surface area contributed by atoms with E-state index in [2.05, 4.69) is 10.6 Å². The zero-order chi connectivity index (χ0) is 23.0.